The smallest absolute Gasteiger partial charge is 0.368 e. The van der Waals surface area contributed by atoms with Gasteiger partial charge in [-0.25, -0.2) is 0 Å². The van der Waals surface area contributed by atoms with Crippen molar-refractivity contribution in [3.05, 3.63) is 35.4 Å². The quantitative estimate of drug-likeness (QED) is 0.891. The molecule has 4 nitrogen and oxygen atoms in total. The zero-order valence-corrected chi connectivity index (χ0v) is 14.5. The summed E-state index contributed by atoms with van der Waals surface area (Å²) in [6, 6.07) is 5.32. The number of alkyl halides is 3. The van der Waals surface area contributed by atoms with Crippen LogP contribution in [0.4, 0.5) is 13.2 Å². The number of piperidine rings is 1. The maximum atomic E-state index is 13.1. The summed E-state index contributed by atoms with van der Waals surface area (Å²) in [4.78, 5) is 14.0. The molecular formula is C16H22ClF3N2O2. The number of amides is 1. The van der Waals surface area contributed by atoms with E-state index in [-0.39, 0.29) is 30.4 Å². The first-order valence-electron chi connectivity index (χ1n) is 7.47. The number of likely N-dealkylation sites (N-methyl/N-ethyl adjacent to an activating group) is 1. The van der Waals surface area contributed by atoms with Crippen molar-refractivity contribution in [2.45, 2.75) is 31.2 Å². The zero-order chi connectivity index (χ0) is 17.1. The molecule has 0 aliphatic carbocycles. The summed E-state index contributed by atoms with van der Waals surface area (Å²) in [6.07, 6.45) is -3.42. The predicted octanol–water partition coefficient (Wildman–Crippen LogP) is 2.85. The van der Waals surface area contributed by atoms with E-state index in [1.807, 2.05) is 0 Å². The van der Waals surface area contributed by atoms with Crippen molar-refractivity contribution in [1.82, 2.24) is 10.2 Å². The van der Waals surface area contributed by atoms with Crippen molar-refractivity contribution in [2.75, 3.05) is 27.2 Å². The summed E-state index contributed by atoms with van der Waals surface area (Å²) in [5.41, 5.74) is -1.58. The molecule has 0 unspecified atom stereocenters. The van der Waals surface area contributed by atoms with Gasteiger partial charge in [-0.05, 0) is 37.6 Å². The minimum atomic E-state index is -4.44. The average molecular weight is 367 g/mol. The van der Waals surface area contributed by atoms with Crippen molar-refractivity contribution < 1.29 is 22.7 Å². The molecule has 0 radical (unpaired) electrons. The van der Waals surface area contributed by atoms with Gasteiger partial charge in [0.2, 0.25) is 0 Å². The lowest BCUT2D eigenvalue weighted by Crippen LogP contribution is -2.54. The normalized spacial score (nSPS) is 17.0. The molecule has 1 aromatic rings. The monoisotopic (exact) mass is 366 g/mol. The van der Waals surface area contributed by atoms with Gasteiger partial charge in [0.05, 0.1) is 5.56 Å². The van der Waals surface area contributed by atoms with E-state index >= 15 is 0 Å². The molecule has 1 aliphatic rings. The van der Waals surface area contributed by atoms with Crippen LogP contribution < -0.4 is 5.32 Å². The van der Waals surface area contributed by atoms with E-state index in [9.17, 15) is 18.0 Å². The number of benzene rings is 1. The van der Waals surface area contributed by atoms with Crippen LogP contribution in [0.15, 0.2) is 24.3 Å². The number of rotatable bonds is 4. The summed E-state index contributed by atoms with van der Waals surface area (Å²) in [5, 5.41) is 3.15. The summed E-state index contributed by atoms with van der Waals surface area (Å²) in [5.74, 6) is -0.279. The van der Waals surface area contributed by atoms with Crippen LogP contribution in [0, 0.1) is 0 Å². The molecule has 1 saturated heterocycles. The van der Waals surface area contributed by atoms with Crippen LogP contribution in [0.25, 0.3) is 0 Å². The Hall–Kier alpha value is -1.31. The van der Waals surface area contributed by atoms with Gasteiger partial charge < -0.3 is 15.0 Å². The third-order valence-corrected chi connectivity index (χ3v) is 4.27. The Morgan fingerprint density at radius 3 is 2.42 bits per heavy atom. The van der Waals surface area contributed by atoms with E-state index in [1.54, 1.807) is 6.07 Å². The van der Waals surface area contributed by atoms with Crippen molar-refractivity contribution in [2.24, 2.45) is 0 Å². The summed E-state index contributed by atoms with van der Waals surface area (Å²) in [6.45, 7) is 1.19. The highest BCUT2D eigenvalue weighted by Gasteiger charge is 2.42. The lowest BCUT2D eigenvalue weighted by molar-refractivity contribution is -0.158. The van der Waals surface area contributed by atoms with Crippen molar-refractivity contribution in [1.29, 1.82) is 0 Å². The topological polar surface area (TPSA) is 41.6 Å². The average Bonchev–Trinajstić information content (AvgIpc) is 2.54. The molecular weight excluding hydrogens is 345 g/mol. The Labute approximate surface area is 145 Å². The molecule has 1 N–H and O–H groups in total. The Balaban J connectivity index is 0.00000288. The molecule has 1 amide bonds. The van der Waals surface area contributed by atoms with Gasteiger partial charge >= 0.3 is 6.18 Å². The first-order valence-corrected chi connectivity index (χ1v) is 7.47. The van der Waals surface area contributed by atoms with Gasteiger partial charge in [0.15, 0.2) is 0 Å². The third-order valence-electron chi connectivity index (χ3n) is 4.27. The van der Waals surface area contributed by atoms with Crippen molar-refractivity contribution in [3.8, 4) is 0 Å². The molecule has 0 aromatic heterocycles. The van der Waals surface area contributed by atoms with E-state index in [4.69, 9.17) is 4.74 Å². The Kier molecular flexibility index (Phi) is 7.07. The molecule has 0 atom stereocenters. The number of nitrogens with zero attached hydrogens (tertiary/aromatic N) is 1. The van der Waals surface area contributed by atoms with Gasteiger partial charge in [0.25, 0.3) is 5.91 Å². The second-order valence-electron chi connectivity index (χ2n) is 5.76. The standard InChI is InChI=1S/C16H21F3N2O2.ClH/c1-21(14(22)15(23-2)7-9-20-10-8-15)11-12-5-3-4-6-13(12)16(17,18)19;/h3-6,20H,7-11H2,1-2H3;1H. The van der Waals surface area contributed by atoms with E-state index in [2.05, 4.69) is 5.32 Å². The highest BCUT2D eigenvalue weighted by Crippen LogP contribution is 2.33. The van der Waals surface area contributed by atoms with E-state index in [0.717, 1.165) is 6.07 Å². The minimum Gasteiger partial charge on any atom is -0.368 e. The molecule has 1 aromatic carbocycles. The maximum Gasteiger partial charge on any atom is 0.416 e. The lowest BCUT2D eigenvalue weighted by atomic mass is 9.90. The van der Waals surface area contributed by atoms with Gasteiger partial charge in [-0.2, -0.15) is 13.2 Å². The number of hydrogen-bond acceptors (Lipinski definition) is 3. The zero-order valence-electron chi connectivity index (χ0n) is 13.7. The predicted molar refractivity (Wildman–Crippen MR) is 87.0 cm³/mol. The maximum absolute atomic E-state index is 13.1. The number of nitrogens with one attached hydrogen (secondary N) is 1. The highest BCUT2D eigenvalue weighted by molar-refractivity contribution is 5.85. The lowest BCUT2D eigenvalue weighted by Gasteiger charge is -2.37. The van der Waals surface area contributed by atoms with Crippen molar-refractivity contribution in [3.63, 3.8) is 0 Å². The summed E-state index contributed by atoms with van der Waals surface area (Å²) < 4.78 is 44.6. The largest absolute Gasteiger partial charge is 0.416 e. The van der Waals surface area contributed by atoms with Crippen LogP contribution >= 0.6 is 12.4 Å². The first-order chi connectivity index (χ1) is 10.8. The van der Waals surface area contributed by atoms with Gasteiger partial charge in [0, 0.05) is 20.7 Å². The van der Waals surface area contributed by atoms with E-state index in [1.165, 1.54) is 31.2 Å². The molecule has 0 bridgehead atoms. The molecule has 24 heavy (non-hydrogen) atoms. The Bertz CT molecular complexity index is 560. The summed E-state index contributed by atoms with van der Waals surface area (Å²) >= 11 is 0. The van der Waals surface area contributed by atoms with Crippen LogP contribution in [0.2, 0.25) is 0 Å². The van der Waals surface area contributed by atoms with Crippen LogP contribution in [0.1, 0.15) is 24.0 Å². The molecule has 0 saturated carbocycles. The fourth-order valence-corrected chi connectivity index (χ4v) is 2.95. The second kappa shape index (κ2) is 8.18. The number of ether oxygens (including phenoxy) is 1. The minimum absolute atomic E-state index is 0. The molecule has 136 valence electrons. The Morgan fingerprint density at radius 2 is 1.88 bits per heavy atom. The second-order valence-corrected chi connectivity index (χ2v) is 5.76. The van der Waals surface area contributed by atoms with Crippen LogP contribution in [-0.4, -0.2) is 43.7 Å². The van der Waals surface area contributed by atoms with Gasteiger partial charge in [-0.15, -0.1) is 12.4 Å². The van der Waals surface area contributed by atoms with Crippen LogP contribution in [0.5, 0.6) is 0 Å². The van der Waals surface area contributed by atoms with Crippen LogP contribution in [0.3, 0.4) is 0 Å². The molecule has 1 aliphatic heterocycles. The number of carbonyl (C=O) groups excluding carboxylic acids is 1. The van der Waals surface area contributed by atoms with E-state index in [0.29, 0.717) is 25.9 Å². The molecule has 1 heterocycles. The third kappa shape index (κ3) is 4.40. The number of methoxy groups -OCH3 is 1. The number of hydrogen-bond donors (Lipinski definition) is 1. The van der Waals surface area contributed by atoms with Crippen molar-refractivity contribution >= 4 is 18.3 Å². The SMILES string of the molecule is COC1(C(=O)N(C)Cc2ccccc2C(F)(F)F)CCNCC1.Cl. The number of halogens is 4. The molecule has 8 heteroatoms. The van der Waals surface area contributed by atoms with Gasteiger partial charge in [-0.3, -0.25) is 4.79 Å². The van der Waals surface area contributed by atoms with E-state index < -0.39 is 17.3 Å². The fourth-order valence-electron chi connectivity index (χ4n) is 2.95. The molecule has 2 rings (SSSR count). The van der Waals surface area contributed by atoms with Crippen LogP contribution in [-0.2, 0) is 22.3 Å². The highest BCUT2D eigenvalue weighted by atomic mass is 35.5. The fraction of sp³-hybridized carbons (Fsp3) is 0.562. The molecule has 0 spiro atoms. The molecule has 1 fully saturated rings. The van der Waals surface area contributed by atoms with Gasteiger partial charge in [0.1, 0.15) is 5.60 Å². The number of carbonyl (C=O) groups is 1. The Morgan fingerprint density at radius 1 is 1.29 bits per heavy atom. The summed E-state index contributed by atoms with van der Waals surface area (Å²) in [7, 11) is 2.99. The first kappa shape index (κ1) is 20.7. The van der Waals surface area contributed by atoms with Gasteiger partial charge in [-0.1, -0.05) is 18.2 Å².